The van der Waals surface area contributed by atoms with Gasteiger partial charge in [-0.25, -0.2) is 9.97 Å². The van der Waals surface area contributed by atoms with Gasteiger partial charge in [-0.1, -0.05) is 11.8 Å². The van der Waals surface area contributed by atoms with E-state index in [1.54, 1.807) is 6.20 Å². The van der Waals surface area contributed by atoms with E-state index in [0.717, 1.165) is 33.6 Å². The van der Waals surface area contributed by atoms with E-state index in [-0.39, 0.29) is 5.75 Å². The van der Waals surface area contributed by atoms with Crippen molar-refractivity contribution in [1.29, 1.82) is 0 Å². The molecule has 0 saturated heterocycles. The predicted molar refractivity (Wildman–Crippen MR) is 71.9 cm³/mol. The molecule has 0 aliphatic heterocycles. The van der Waals surface area contributed by atoms with E-state index in [1.165, 1.54) is 11.8 Å². The number of thioether (sulfide) groups is 1. The van der Waals surface area contributed by atoms with Crippen molar-refractivity contribution in [3.63, 3.8) is 0 Å². The lowest BCUT2D eigenvalue weighted by Crippen LogP contribution is -2.02. The van der Waals surface area contributed by atoms with E-state index in [9.17, 15) is 4.79 Å². The highest BCUT2D eigenvalue weighted by molar-refractivity contribution is 9.10. The fourth-order valence-electron chi connectivity index (χ4n) is 1.83. The Hall–Kier alpha value is -1.08. The molecule has 0 aromatic carbocycles. The van der Waals surface area contributed by atoms with Gasteiger partial charge in [-0.05, 0) is 34.8 Å². The molecule has 5 nitrogen and oxygen atoms in total. The summed E-state index contributed by atoms with van der Waals surface area (Å²) in [7, 11) is 0. The highest BCUT2D eigenvalue weighted by Gasteiger charge is 2.29. The second kappa shape index (κ2) is 4.55. The molecule has 0 spiro atoms. The zero-order valence-corrected chi connectivity index (χ0v) is 11.7. The first kappa shape index (κ1) is 12.0. The maximum absolute atomic E-state index is 10.7. The second-order valence-electron chi connectivity index (χ2n) is 4.17. The fraction of sp³-hybridized carbons (Fsp3) is 0.364. The number of pyridine rings is 1. The molecule has 1 saturated carbocycles. The number of nitrogens with zero attached hydrogens (tertiary/aromatic N) is 3. The van der Waals surface area contributed by atoms with Gasteiger partial charge in [-0.2, -0.15) is 0 Å². The monoisotopic (exact) mass is 327 g/mol. The number of imidazole rings is 1. The molecule has 0 radical (unpaired) electrons. The number of hydrogen-bond donors (Lipinski definition) is 1. The molecule has 3 rings (SSSR count). The van der Waals surface area contributed by atoms with Gasteiger partial charge >= 0.3 is 5.97 Å². The molecule has 0 bridgehead atoms. The summed E-state index contributed by atoms with van der Waals surface area (Å²) in [4.78, 5) is 19.5. The molecule has 2 heterocycles. The summed E-state index contributed by atoms with van der Waals surface area (Å²) >= 11 is 4.62. The lowest BCUT2D eigenvalue weighted by Gasteiger charge is -2.04. The summed E-state index contributed by atoms with van der Waals surface area (Å²) in [5.74, 6) is -0.805. The first-order valence-corrected chi connectivity index (χ1v) is 7.31. The van der Waals surface area contributed by atoms with E-state index in [0.29, 0.717) is 6.04 Å². The summed E-state index contributed by atoms with van der Waals surface area (Å²) in [5.41, 5.74) is 1.65. The highest BCUT2D eigenvalue weighted by atomic mass is 79.9. The van der Waals surface area contributed by atoms with Crippen molar-refractivity contribution in [3.05, 3.63) is 16.7 Å². The van der Waals surface area contributed by atoms with Crippen LogP contribution in [-0.2, 0) is 4.79 Å². The molecular formula is C11H10BrN3O2S. The number of carbonyl (C=O) groups is 1. The van der Waals surface area contributed by atoms with E-state index in [4.69, 9.17) is 5.11 Å². The molecule has 1 aliphatic carbocycles. The number of halogens is 1. The minimum absolute atomic E-state index is 0.0250. The van der Waals surface area contributed by atoms with Crippen LogP contribution in [0.25, 0.3) is 11.2 Å². The Morgan fingerprint density at radius 3 is 3.06 bits per heavy atom. The zero-order chi connectivity index (χ0) is 12.7. The van der Waals surface area contributed by atoms with Gasteiger partial charge in [0.15, 0.2) is 10.8 Å². The van der Waals surface area contributed by atoms with Crippen molar-refractivity contribution in [2.75, 3.05) is 5.75 Å². The SMILES string of the molecule is O=C(O)CSc1nc2cc(Br)cnc2n1C1CC1. The van der Waals surface area contributed by atoms with Gasteiger partial charge < -0.3 is 9.67 Å². The normalized spacial score (nSPS) is 15.2. The number of aliphatic carboxylic acids is 1. The van der Waals surface area contributed by atoms with Gasteiger partial charge in [0, 0.05) is 16.7 Å². The predicted octanol–water partition coefficient (Wildman–Crippen LogP) is 2.71. The van der Waals surface area contributed by atoms with E-state index < -0.39 is 5.97 Å². The summed E-state index contributed by atoms with van der Waals surface area (Å²) in [5, 5.41) is 9.51. The van der Waals surface area contributed by atoms with Crippen LogP contribution in [0.1, 0.15) is 18.9 Å². The maximum Gasteiger partial charge on any atom is 0.313 e. The van der Waals surface area contributed by atoms with Crippen LogP contribution in [0.15, 0.2) is 21.9 Å². The molecule has 1 aliphatic rings. The lowest BCUT2D eigenvalue weighted by atomic mass is 10.4. The Bertz CT molecular complexity index is 624. The van der Waals surface area contributed by atoms with E-state index in [2.05, 4.69) is 30.5 Å². The van der Waals surface area contributed by atoms with Crippen LogP contribution in [0.3, 0.4) is 0 Å². The van der Waals surface area contributed by atoms with Crippen LogP contribution >= 0.6 is 27.7 Å². The number of carboxylic acids is 1. The summed E-state index contributed by atoms with van der Waals surface area (Å²) < 4.78 is 2.94. The second-order valence-corrected chi connectivity index (χ2v) is 6.03. The topological polar surface area (TPSA) is 68.0 Å². The minimum atomic E-state index is -0.830. The van der Waals surface area contributed by atoms with Gasteiger partial charge in [0.1, 0.15) is 5.52 Å². The van der Waals surface area contributed by atoms with Crippen molar-refractivity contribution in [2.24, 2.45) is 0 Å². The summed E-state index contributed by atoms with van der Waals surface area (Å²) in [6, 6.07) is 2.34. The quantitative estimate of drug-likeness (QED) is 0.874. The molecular weight excluding hydrogens is 318 g/mol. The highest BCUT2D eigenvalue weighted by Crippen LogP contribution is 2.40. The number of carboxylic acid groups (broad SMARTS) is 1. The van der Waals surface area contributed by atoms with Crippen LogP contribution in [0, 0.1) is 0 Å². The average molecular weight is 328 g/mol. The number of rotatable bonds is 4. The Balaban J connectivity index is 2.05. The van der Waals surface area contributed by atoms with Crippen LogP contribution in [-0.4, -0.2) is 31.4 Å². The molecule has 94 valence electrons. The summed E-state index contributed by atoms with van der Waals surface area (Å²) in [6.45, 7) is 0. The average Bonchev–Trinajstić information content (AvgIpc) is 3.08. The fourth-order valence-corrected chi connectivity index (χ4v) is 2.94. The molecule has 1 N–H and O–H groups in total. The molecule has 2 aromatic heterocycles. The van der Waals surface area contributed by atoms with Gasteiger partial charge in [-0.15, -0.1) is 0 Å². The van der Waals surface area contributed by atoms with Crippen molar-refractivity contribution >= 4 is 44.8 Å². The van der Waals surface area contributed by atoms with Gasteiger partial charge in [-0.3, -0.25) is 4.79 Å². The number of aromatic nitrogens is 3. The minimum Gasteiger partial charge on any atom is -0.481 e. The molecule has 0 amide bonds. The Kier molecular flexibility index (Phi) is 3.03. The van der Waals surface area contributed by atoms with Gasteiger partial charge in [0.2, 0.25) is 0 Å². The first-order chi connectivity index (χ1) is 8.65. The molecule has 0 atom stereocenters. The third-order valence-corrected chi connectivity index (χ3v) is 4.07. The van der Waals surface area contributed by atoms with Crippen LogP contribution in [0.5, 0.6) is 0 Å². The largest absolute Gasteiger partial charge is 0.481 e. The standard InChI is InChI=1S/C11H10BrN3O2S/c12-6-3-8-10(13-4-6)15(7-1-2-7)11(14-8)18-5-9(16)17/h3-4,7H,1-2,5H2,(H,16,17). The molecule has 18 heavy (non-hydrogen) atoms. The van der Waals surface area contributed by atoms with E-state index >= 15 is 0 Å². The van der Waals surface area contributed by atoms with Crippen molar-refractivity contribution in [2.45, 2.75) is 24.0 Å². The molecule has 1 fully saturated rings. The smallest absolute Gasteiger partial charge is 0.313 e. The molecule has 7 heteroatoms. The van der Waals surface area contributed by atoms with Crippen LogP contribution < -0.4 is 0 Å². The van der Waals surface area contributed by atoms with Crippen molar-refractivity contribution < 1.29 is 9.90 Å². The third kappa shape index (κ3) is 2.24. The lowest BCUT2D eigenvalue weighted by molar-refractivity contribution is -0.133. The zero-order valence-electron chi connectivity index (χ0n) is 9.34. The summed E-state index contributed by atoms with van der Waals surface area (Å²) in [6.07, 6.45) is 3.97. The van der Waals surface area contributed by atoms with Crippen molar-refractivity contribution in [3.8, 4) is 0 Å². The first-order valence-electron chi connectivity index (χ1n) is 5.53. The Morgan fingerprint density at radius 2 is 2.39 bits per heavy atom. The van der Waals surface area contributed by atoms with Gasteiger partial charge in [0.05, 0.1) is 5.75 Å². The number of hydrogen-bond acceptors (Lipinski definition) is 4. The molecule has 0 unspecified atom stereocenters. The number of fused-ring (bicyclic) bond motifs is 1. The van der Waals surface area contributed by atoms with Crippen molar-refractivity contribution in [1.82, 2.24) is 14.5 Å². The maximum atomic E-state index is 10.7. The Labute approximate surface area is 116 Å². The van der Waals surface area contributed by atoms with Crippen LogP contribution in [0.2, 0.25) is 0 Å². The third-order valence-electron chi connectivity index (χ3n) is 2.70. The Morgan fingerprint density at radius 1 is 1.61 bits per heavy atom. The molecule has 2 aromatic rings. The van der Waals surface area contributed by atoms with Gasteiger partial charge in [0.25, 0.3) is 0 Å². The van der Waals surface area contributed by atoms with E-state index in [1.807, 2.05) is 6.07 Å². The van der Waals surface area contributed by atoms with Crippen LogP contribution in [0.4, 0.5) is 0 Å².